The summed E-state index contributed by atoms with van der Waals surface area (Å²) in [5.74, 6) is -0.111. The minimum Gasteiger partial charge on any atom is -0.506 e. The van der Waals surface area contributed by atoms with Crippen LogP contribution in [0.15, 0.2) is 69.8 Å². The zero-order chi connectivity index (χ0) is 22.9. The van der Waals surface area contributed by atoms with Crippen LogP contribution in [0.5, 0.6) is 11.5 Å². The number of nitrogens with zero attached hydrogens (tertiary/aromatic N) is 3. The molecule has 1 heterocycles. The SMILES string of the molecule is COc1ccc(S(=O)(=O)Nc2cc(Sc3ncn[nH]3)c(O)c3ccccc23)cc1[N+](=O)[O-]. The average molecular weight is 473 g/mol. The van der Waals surface area contributed by atoms with E-state index in [-0.39, 0.29) is 22.1 Å². The van der Waals surface area contributed by atoms with Gasteiger partial charge in [-0.2, -0.15) is 5.10 Å². The Balaban J connectivity index is 1.80. The molecule has 1 aromatic heterocycles. The molecule has 0 unspecified atom stereocenters. The number of nitro benzene ring substituents is 1. The van der Waals surface area contributed by atoms with E-state index in [1.54, 1.807) is 24.3 Å². The third-order valence-electron chi connectivity index (χ3n) is 4.48. The largest absolute Gasteiger partial charge is 0.506 e. The minimum atomic E-state index is -4.21. The lowest BCUT2D eigenvalue weighted by Gasteiger charge is -2.14. The molecular weight excluding hydrogens is 458 g/mol. The number of rotatable bonds is 7. The Morgan fingerprint density at radius 3 is 2.59 bits per heavy atom. The molecule has 0 fully saturated rings. The van der Waals surface area contributed by atoms with Gasteiger partial charge in [0.1, 0.15) is 12.1 Å². The molecule has 0 atom stereocenters. The van der Waals surface area contributed by atoms with Crippen molar-refractivity contribution in [1.29, 1.82) is 0 Å². The van der Waals surface area contributed by atoms with Gasteiger partial charge in [0, 0.05) is 16.8 Å². The molecule has 0 spiro atoms. The third-order valence-corrected chi connectivity index (χ3v) is 6.77. The number of phenolic OH excluding ortho intramolecular Hbond substituents is 1. The van der Waals surface area contributed by atoms with Crippen LogP contribution < -0.4 is 9.46 Å². The number of fused-ring (bicyclic) bond motifs is 1. The first-order chi connectivity index (χ1) is 15.3. The summed E-state index contributed by atoms with van der Waals surface area (Å²) < 4.78 is 33.5. The van der Waals surface area contributed by atoms with Crippen molar-refractivity contribution in [2.45, 2.75) is 14.9 Å². The molecule has 0 aliphatic rings. The Morgan fingerprint density at radius 1 is 1.19 bits per heavy atom. The molecule has 0 aliphatic heterocycles. The van der Waals surface area contributed by atoms with Crippen LogP contribution in [-0.2, 0) is 10.0 Å². The molecule has 0 bridgehead atoms. The van der Waals surface area contributed by atoms with Gasteiger partial charge in [-0.15, -0.1) is 0 Å². The fourth-order valence-corrected chi connectivity index (χ4v) is 4.91. The maximum absolute atomic E-state index is 13.1. The molecule has 0 saturated heterocycles. The number of phenols is 1. The van der Waals surface area contributed by atoms with E-state index in [1.807, 2.05) is 0 Å². The number of hydrogen-bond donors (Lipinski definition) is 3. The van der Waals surface area contributed by atoms with Gasteiger partial charge >= 0.3 is 5.69 Å². The number of nitrogens with one attached hydrogen (secondary N) is 2. The van der Waals surface area contributed by atoms with E-state index in [2.05, 4.69) is 19.9 Å². The molecule has 32 heavy (non-hydrogen) atoms. The summed E-state index contributed by atoms with van der Waals surface area (Å²) in [5.41, 5.74) is -0.300. The van der Waals surface area contributed by atoms with Crippen molar-refractivity contribution in [3.63, 3.8) is 0 Å². The fourth-order valence-electron chi connectivity index (χ4n) is 3.03. The number of benzene rings is 3. The molecular formula is C19H15N5O6S2. The van der Waals surface area contributed by atoms with E-state index in [4.69, 9.17) is 4.74 Å². The van der Waals surface area contributed by atoms with Crippen LogP contribution in [0.4, 0.5) is 11.4 Å². The van der Waals surface area contributed by atoms with E-state index < -0.39 is 20.6 Å². The first kappa shape index (κ1) is 21.4. The highest BCUT2D eigenvalue weighted by Crippen LogP contribution is 2.42. The Bertz CT molecular complexity index is 1420. The van der Waals surface area contributed by atoms with Crippen molar-refractivity contribution >= 4 is 43.9 Å². The van der Waals surface area contributed by atoms with Gasteiger partial charge < -0.3 is 9.84 Å². The summed E-state index contributed by atoms with van der Waals surface area (Å²) in [5, 5.41) is 29.7. The summed E-state index contributed by atoms with van der Waals surface area (Å²) in [6, 6.07) is 11.5. The maximum Gasteiger partial charge on any atom is 0.312 e. The first-order valence-electron chi connectivity index (χ1n) is 8.93. The van der Waals surface area contributed by atoms with E-state index >= 15 is 0 Å². The van der Waals surface area contributed by atoms with Crippen molar-refractivity contribution < 1.29 is 23.2 Å². The number of methoxy groups -OCH3 is 1. The standard InChI is InChI=1S/C19H15N5O6S2/c1-30-16-7-6-11(8-15(16)24(26)27)32(28,29)23-14-9-17(31-19-20-10-21-22-19)18(25)13-5-3-2-4-12(13)14/h2-10,23,25H,1H3,(H,20,21,22). The van der Waals surface area contributed by atoms with Crippen LogP contribution in [0, 0.1) is 10.1 Å². The number of nitro groups is 1. The molecule has 11 nitrogen and oxygen atoms in total. The predicted octanol–water partition coefficient (Wildman–Crippen LogP) is 3.53. The van der Waals surface area contributed by atoms with Gasteiger partial charge in [-0.25, -0.2) is 13.4 Å². The van der Waals surface area contributed by atoms with Crippen molar-refractivity contribution in [1.82, 2.24) is 15.2 Å². The second-order valence-corrected chi connectivity index (χ2v) is 9.12. The number of H-pyrrole nitrogens is 1. The van der Waals surface area contributed by atoms with Crippen LogP contribution in [0.1, 0.15) is 0 Å². The summed E-state index contributed by atoms with van der Waals surface area (Å²) in [6.07, 6.45) is 1.31. The van der Waals surface area contributed by atoms with E-state index in [0.717, 1.165) is 17.8 Å². The fraction of sp³-hybridized carbons (Fsp3) is 0.0526. The molecule has 0 amide bonds. The van der Waals surface area contributed by atoms with Crippen LogP contribution in [0.3, 0.4) is 0 Å². The molecule has 4 aromatic rings. The lowest BCUT2D eigenvalue weighted by molar-refractivity contribution is -0.386. The molecule has 0 saturated carbocycles. The molecule has 0 aliphatic carbocycles. The van der Waals surface area contributed by atoms with E-state index in [1.165, 1.54) is 31.6 Å². The number of aromatic hydroxyl groups is 1. The van der Waals surface area contributed by atoms with Gasteiger partial charge in [0.2, 0.25) is 0 Å². The lowest BCUT2D eigenvalue weighted by Crippen LogP contribution is -2.14. The topological polar surface area (TPSA) is 160 Å². The van der Waals surface area contributed by atoms with Gasteiger partial charge in [-0.05, 0) is 30.0 Å². The summed E-state index contributed by atoms with van der Waals surface area (Å²) in [7, 11) is -2.96. The van der Waals surface area contributed by atoms with Gasteiger partial charge in [-0.1, -0.05) is 24.3 Å². The highest BCUT2D eigenvalue weighted by atomic mass is 32.2. The minimum absolute atomic E-state index is 0.0509. The van der Waals surface area contributed by atoms with Crippen LogP contribution in [0.2, 0.25) is 0 Å². The molecule has 4 rings (SSSR count). The normalized spacial score (nSPS) is 11.4. The Kier molecular flexibility index (Phi) is 5.59. The van der Waals surface area contributed by atoms with Crippen molar-refractivity contribution in [2.75, 3.05) is 11.8 Å². The highest BCUT2D eigenvalue weighted by molar-refractivity contribution is 7.99. The predicted molar refractivity (Wildman–Crippen MR) is 117 cm³/mol. The van der Waals surface area contributed by atoms with Gasteiger partial charge in [0.15, 0.2) is 10.9 Å². The van der Waals surface area contributed by atoms with E-state index in [9.17, 15) is 23.6 Å². The van der Waals surface area contributed by atoms with Crippen LogP contribution in [-0.4, -0.2) is 40.7 Å². The van der Waals surface area contributed by atoms with Crippen molar-refractivity contribution in [3.8, 4) is 11.5 Å². The molecule has 13 heteroatoms. The number of anilines is 1. The van der Waals surface area contributed by atoms with Crippen molar-refractivity contribution in [3.05, 3.63) is 65.0 Å². The Hall–Kier alpha value is -3.84. The third kappa shape index (κ3) is 4.02. The lowest BCUT2D eigenvalue weighted by atomic mass is 10.1. The van der Waals surface area contributed by atoms with Crippen LogP contribution >= 0.6 is 11.8 Å². The number of sulfonamides is 1. The quantitative estimate of drug-likeness (QED) is 0.207. The zero-order valence-electron chi connectivity index (χ0n) is 16.3. The number of ether oxygens (including phenoxy) is 1. The maximum atomic E-state index is 13.1. The number of hydrogen-bond acceptors (Lipinski definition) is 9. The Labute approximate surface area is 185 Å². The summed E-state index contributed by atoms with van der Waals surface area (Å²) in [6.45, 7) is 0. The van der Waals surface area contributed by atoms with Gasteiger partial charge in [-0.3, -0.25) is 19.9 Å². The molecule has 3 N–H and O–H groups in total. The van der Waals surface area contributed by atoms with Gasteiger partial charge in [0.05, 0.1) is 27.5 Å². The molecule has 3 aromatic carbocycles. The zero-order valence-corrected chi connectivity index (χ0v) is 18.0. The molecule has 0 radical (unpaired) electrons. The number of aromatic amines is 1. The second-order valence-electron chi connectivity index (χ2n) is 6.41. The monoisotopic (exact) mass is 473 g/mol. The summed E-state index contributed by atoms with van der Waals surface area (Å²) >= 11 is 1.06. The molecule has 164 valence electrons. The number of aromatic nitrogens is 3. The second kappa shape index (κ2) is 8.36. The van der Waals surface area contributed by atoms with Crippen molar-refractivity contribution in [2.24, 2.45) is 0 Å². The summed E-state index contributed by atoms with van der Waals surface area (Å²) in [4.78, 5) is 14.6. The Morgan fingerprint density at radius 2 is 1.94 bits per heavy atom. The van der Waals surface area contributed by atoms with Crippen LogP contribution in [0.25, 0.3) is 10.8 Å². The van der Waals surface area contributed by atoms with Gasteiger partial charge in [0.25, 0.3) is 10.0 Å². The highest BCUT2D eigenvalue weighted by Gasteiger charge is 2.24. The first-order valence-corrected chi connectivity index (χ1v) is 11.2. The smallest absolute Gasteiger partial charge is 0.312 e. The van der Waals surface area contributed by atoms with E-state index in [0.29, 0.717) is 20.8 Å². The average Bonchev–Trinajstić information content (AvgIpc) is 3.29.